The molecule has 0 aliphatic rings. The lowest BCUT2D eigenvalue weighted by Crippen LogP contribution is -2.38. The van der Waals surface area contributed by atoms with Gasteiger partial charge in [-0.25, -0.2) is 4.98 Å². The van der Waals surface area contributed by atoms with Crippen molar-refractivity contribution in [1.29, 1.82) is 0 Å². The number of aliphatic hydroxyl groups is 1. The van der Waals surface area contributed by atoms with Crippen molar-refractivity contribution in [2.24, 2.45) is 5.92 Å². The Morgan fingerprint density at radius 1 is 1.16 bits per heavy atom. The largest absolute Gasteiger partial charge is 0.389 e. The third-order valence-corrected chi connectivity index (χ3v) is 5.89. The Morgan fingerprint density at radius 3 is 2.58 bits per heavy atom. The van der Waals surface area contributed by atoms with Crippen LogP contribution in [0.3, 0.4) is 0 Å². The molecule has 168 valence electrons. The topological polar surface area (TPSA) is 78.5 Å². The number of aryl methyl sites for hydroxylation is 1. The summed E-state index contributed by atoms with van der Waals surface area (Å²) in [5.41, 5.74) is 3.00. The Balaban J connectivity index is 1.84. The molecule has 1 unspecified atom stereocenters. The van der Waals surface area contributed by atoms with Crippen LogP contribution in [0.25, 0.3) is 21.3 Å². The minimum atomic E-state index is -0.592. The van der Waals surface area contributed by atoms with Crippen molar-refractivity contribution in [3.63, 3.8) is 0 Å². The average Bonchev–Trinajstić information content (AvgIpc) is 3.10. The number of rotatable bonds is 10. The first-order valence-corrected chi connectivity index (χ1v) is 11.7. The van der Waals surface area contributed by atoms with E-state index in [1.807, 2.05) is 50.4 Å². The second-order valence-electron chi connectivity index (χ2n) is 8.78. The Kier molecular flexibility index (Phi) is 8.00. The lowest BCUT2D eigenvalue weighted by molar-refractivity contribution is -0.0111. The summed E-state index contributed by atoms with van der Waals surface area (Å²) in [6, 6.07) is 8.07. The van der Waals surface area contributed by atoms with Gasteiger partial charge in [-0.2, -0.15) is 0 Å². The fraction of sp³-hybridized carbons (Fsp3) is 0.500. The molecule has 0 aliphatic heterocycles. The molecule has 0 aliphatic carbocycles. The first-order chi connectivity index (χ1) is 14.7. The van der Waals surface area contributed by atoms with Crippen LogP contribution >= 0.6 is 11.3 Å². The minimum absolute atomic E-state index is 0.0786. The third-order valence-electron chi connectivity index (χ3n) is 5.02. The van der Waals surface area contributed by atoms with Crippen molar-refractivity contribution in [1.82, 2.24) is 14.9 Å². The standard InChI is InChI=1S/C24H33N3O3S/c1-15(2)10-27(11-18(28)13-30-16(3)4)12-21-25-23(29)22-20(14-31-24(22)26-21)19-9-7-6-8-17(19)5/h6-9,14-16,18,28H,10-13H2,1-5H3,(H,25,26,29). The van der Waals surface area contributed by atoms with Gasteiger partial charge < -0.3 is 14.8 Å². The molecule has 2 aromatic heterocycles. The molecule has 1 atom stereocenters. The maximum atomic E-state index is 13.0. The van der Waals surface area contributed by atoms with Gasteiger partial charge in [0.2, 0.25) is 0 Å². The van der Waals surface area contributed by atoms with Crippen molar-refractivity contribution >= 4 is 21.6 Å². The van der Waals surface area contributed by atoms with Gasteiger partial charge in [0.1, 0.15) is 10.7 Å². The summed E-state index contributed by atoms with van der Waals surface area (Å²) in [5, 5.41) is 13.0. The van der Waals surface area contributed by atoms with E-state index >= 15 is 0 Å². The number of hydrogen-bond donors (Lipinski definition) is 2. The number of nitrogens with zero attached hydrogens (tertiary/aromatic N) is 2. The van der Waals surface area contributed by atoms with Gasteiger partial charge in [-0.15, -0.1) is 11.3 Å². The molecule has 0 bridgehead atoms. The maximum absolute atomic E-state index is 13.0. The summed E-state index contributed by atoms with van der Waals surface area (Å²) in [7, 11) is 0. The molecule has 0 saturated heterocycles. The summed E-state index contributed by atoms with van der Waals surface area (Å²) in [4.78, 5) is 23.6. The van der Waals surface area contributed by atoms with Crippen LogP contribution in [0.5, 0.6) is 0 Å². The monoisotopic (exact) mass is 443 g/mol. The fourth-order valence-electron chi connectivity index (χ4n) is 3.73. The van der Waals surface area contributed by atoms with E-state index < -0.39 is 6.10 Å². The predicted octanol–water partition coefficient (Wildman–Crippen LogP) is 4.20. The number of fused-ring (bicyclic) bond motifs is 1. The highest BCUT2D eigenvalue weighted by atomic mass is 32.1. The van der Waals surface area contributed by atoms with Crippen molar-refractivity contribution in [3.8, 4) is 11.1 Å². The van der Waals surface area contributed by atoms with Crippen LogP contribution in [0.4, 0.5) is 0 Å². The average molecular weight is 444 g/mol. The number of aromatic nitrogens is 2. The molecule has 31 heavy (non-hydrogen) atoms. The Labute approximate surface area is 187 Å². The Morgan fingerprint density at radius 2 is 1.90 bits per heavy atom. The Hall–Kier alpha value is -2.06. The van der Waals surface area contributed by atoms with E-state index in [9.17, 15) is 9.90 Å². The zero-order valence-corrected chi connectivity index (χ0v) is 19.8. The number of aliphatic hydroxyl groups excluding tert-OH is 1. The highest BCUT2D eigenvalue weighted by Crippen LogP contribution is 2.32. The molecular weight excluding hydrogens is 410 g/mol. The van der Waals surface area contributed by atoms with Gasteiger partial charge in [0.25, 0.3) is 5.56 Å². The summed E-state index contributed by atoms with van der Waals surface area (Å²) in [6.07, 6.45) is -0.513. The van der Waals surface area contributed by atoms with Crippen LogP contribution in [0, 0.1) is 12.8 Å². The van der Waals surface area contributed by atoms with Crippen LogP contribution in [-0.4, -0.2) is 51.9 Å². The fourth-order valence-corrected chi connectivity index (χ4v) is 4.69. The molecule has 0 saturated carbocycles. The smallest absolute Gasteiger partial charge is 0.260 e. The van der Waals surface area contributed by atoms with Crippen molar-refractivity contribution < 1.29 is 9.84 Å². The molecule has 1 aromatic carbocycles. The molecule has 7 heteroatoms. The third kappa shape index (κ3) is 6.23. The molecule has 0 radical (unpaired) electrons. The lowest BCUT2D eigenvalue weighted by Gasteiger charge is -2.26. The van der Waals surface area contributed by atoms with Gasteiger partial charge in [-0.3, -0.25) is 9.69 Å². The SMILES string of the molecule is Cc1ccccc1-c1csc2nc(CN(CC(C)C)CC(O)COC(C)C)[nH]c(=O)c12. The number of aromatic amines is 1. The molecule has 2 heterocycles. The van der Waals surface area contributed by atoms with Gasteiger partial charge in [0.05, 0.1) is 30.7 Å². The van der Waals surface area contributed by atoms with Gasteiger partial charge in [-0.05, 0) is 37.8 Å². The zero-order valence-electron chi connectivity index (χ0n) is 19.0. The van der Waals surface area contributed by atoms with Crippen LogP contribution in [0.2, 0.25) is 0 Å². The maximum Gasteiger partial charge on any atom is 0.260 e. The summed E-state index contributed by atoms with van der Waals surface area (Å²) in [5.74, 6) is 1.04. The zero-order chi connectivity index (χ0) is 22.5. The van der Waals surface area contributed by atoms with E-state index in [1.54, 1.807) is 0 Å². The second-order valence-corrected chi connectivity index (χ2v) is 9.64. The van der Waals surface area contributed by atoms with E-state index in [-0.39, 0.29) is 11.7 Å². The van der Waals surface area contributed by atoms with E-state index in [4.69, 9.17) is 9.72 Å². The number of ether oxygens (including phenoxy) is 1. The quantitative estimate of drug-likeness (QED) is 0.491. The highest BCUT2D eigenvalue weighted by molar-refractivity contribution is 7.17. The second kappa shape index (κ2) is 10.5. The lowest BCUT2D eigenvalue weighted by atomic mass is 10.0. The molecule has 2 N–H and O–H groups in total. The summed E-state index contributed by atoms with van der Waals surface area (Å²) in [6.45, 7) is 12.2. The number of hydrogen-bond acceptors (Lipinski definition) is 6. The number of H-pyrrole nitrogens is 1. The van der Waals surface area contributed by atoms with E-state index in [0.717, 1.165) is 28.1 Å². The van der Waals surface area contributed by atoms with E-state index in [2.05, 4.69) is 23.7 Å². The minimum Gasteiger partial charge on any atom is -0.389 e. The molecule has 3 aromatic rings. The van der Waals surface area contributed by atoms with E-state index in [0.29, 0.717) is 36.8 Å². The number of thiophene rings is 1. The van der Waals surface area contributed by atoms with Crippen molar-refractivity contribution in [2.75, 3.05) is 19.7 Å². The molecule has 0 spiro atoms. The van der Waals surface area contributed by atoms with Crippen LogP contribution < -0.4 is 5.56 Å². The summed E-state index contributed by atoms with van der Waals surface area (Å²) >= 11 is 1.49. The molecule has 6 nitrogen and oxygen atoms in total. The van der Waals surface area contributed by atoms with E-state index in [1.165, 1.54) is 11.3 Å². The van der Waals surface area contributed by atoms with Gasteiger partial charge in [0, 0.05) is 24.0 Å². The molecule has 0 amide bonds. The van der Waals surface area contributed by atoms with Gasteiger partial charge in [-0.1, -0.05) is 38.1 Å². The molecule has 3 rings (SSSR count). The molecular formula is C24H33N3O3S. The highest BCUT2D eigenvalue weighted by Gasteiger charge is 2.18. The van der Waals surface area contributed by atoms with Crippen molar-refractivity contribution in [3.05, 3.63) is 51.4 Å². The number of nitrogens with one attached hydrogen (secondary N) is 1. The first kappa shape index (κ1) is 23.6. The normalized spacial score (nSPS) is 13.1. The molecule has 0 fully saturated rings. The van der Waals surface area contributed by atoms with Crippen LogP contribution in [-0.2, 0) is 11.3 Å². The van der Waals surface area contributed by atoms with Gasteiger partial charge >= 0.3 is 0 Å². The van der Waals surface area contributed by atoms with Crippen molar-refractivity contribution in [2.45, 2.75) is 53.4 Å². The predicted molar refractivity (Wildman–Crippen MR) is 128 cm³/mol. The Bertz CT molecular complexity index is 1060. The first-order valence-electron chi connectivity index (χ1n) is 10.8. The van der Waals surface area contributed by atoms with Gasteiger partial charge in [0.15, 0.2) is 0 Å². The number of benzene rings is 1. The summed E-state index contributed by atoms with van der Waals surface area (Å²) < 4.78 is 5.54. The van der Waals surface area contributed by atoms with Crippen LogP contribution in [0.1, 0.15) is 39.1 Å². The van der Waals surface area contributed by atoms with Crippen LogP contribution in [0.15, 0.2) is 34.4 Å².